The zero-order valence-corrected chi connectivity index (χ0v) is 16.1. The van der Waals surface area contributed by atoms with Gasteiger partial charge in [0, 0.05) is 6.42 Å². The number of amides is 1. The average molecular weight is 411 g/mol. The highest BCUT2D eigenvalue weighted by atomic mass is 16.4. The molecule has 3 unspecified atom stereocenters. The number of aliphatic carboxylic acids is 1. The van der Waals surface area contributed by atoms with E-state index in [1.807, 2.05) is 0 Å². The number of aromatic amines is 1. The van der Waals surface area contributed by atoms with Gasteiger partial charge in [-0.05, 0) is 24.6 Å². The molecule has 0 radical (unpaired) electrons. The van der Waals surface area contributed by atoms with E-state index in [0.29, 0.717) is 11.1 Å². The highest BCUT2D eigenvalue weighted by molar-refractivity contribution is 5.87. The Morgan fingerprint density at radius 3 is 2.33 bits per heavy atom. The number of nitrogens with zero attached hydrogens (tertiary/aromatic N) is 1. The van der Waals surface area contributed by atoms with Crippen LogP contribution in [-0.4, -0.2) is 43.8 Å². The first kappa shape index (κ1) is 21.0. The Balaban J connectivity index is 2.12. The lowest BCUT2D eigenvalue weighted by molar-refractivity contribution is -0.145. The fourth-order valence-corrected chi connectivity index (χ4v) is 3.24. The van der Waals surface area contributed by atoms with Crippen LogP contribution in [0.15, 0.2) is 64.2 Å². The molecule has 2 aromatic carbocycles. The average Bonchev–Trinajstić information content (AvgIpc) is 2.71. The molecule has 9 heteroatoms. The largest absolute Gasteiger partial charge is 0.480 e. The molecule has 0 saturated heterocycles. The molecule has 0 aliphatic rings. The highest BCUT2D eigenvalue weighted by Crippen LogP contribution is 2.14. The van der Waals surface area contributed by atoms with Crippen molar-refractivity contribution in [1.29, 1.82) is 0 Å². The van der Waals surface area contributed by atoms with E-state index in [4.69, 9.17) is 0 Å². The summed E-state index contributed by atoms with van der Waals surface area (Å²) in [6.45, 7) is 1.22. The van der Waals surface area contributed by atoms with Crippen LogP contribution in [0, 0.1) is 0 Å². The van der Waals surface area contributed by atoms with Crippen molar-refractivity contribution in [3.8, 4) is 0 Å². The Labute approximate surface area is 170 Å². The monoisotopic (exact) mass is 411 g/mol. The zero-order chi connectivity index (χ0) is 21.8. The van der Waals surface area contributed by atoms with E-state index in [2.05, 4.69) is 10.3 Å². The third-order valence-electron chi connectivity index (χ3n) is 4.77. The van der Waals surface area contributed by atoms with Crippen LogP contribution < -0.4 is 16.6 Å². The van der Waals surface area contributed by atoms with Gasteiger partial charge in [-0.1, -0.05) is 42.5 Å². The fraction of sp³-hybridized carbons (Fsp3) is 0.238. The Morgan fingerprint density at radius 1 is 1.07 bits per heavy atom. The Bertz CT molecular complexity index is 1180. The van der Waals surface area contributed by atoms with E-state index < -0.39 is 41.3 Å². The topological polar surface area (TPSA) is 141 Å². The lowest BCUT2D eigenvalue weighted by atomic mass is 10.0. The van der Waals surface area contributed by atoms with E-state index in [0.717, 1.165) is 4.57 Å². The molecule has 156 valence electrons. The fourth-order valence-electron chi connectivity index (χ4n) is 3.24. The molecule has 0 bridgehead atoms. The molecule has 0 spiro atoms. The summed E-state index contributed by atoms with van der Waals surface area (Å²) in [4.78, 5) is 52.7. The number of carbonyl (C=O) groups is 2. The van der Waals surface area contributed by atoms with Gasteiger partial charge < -0.3 is 20.5 Å². The van der Waals surface area contributed by atoms with Crippen molar-refractivity contribution in [3.63, 3.8) is 0 Å². The van der Waals surface area contributed by atoms with Gasteiger partial charge in [0.05, 0.1) is 17.0 Å². The summed E-state index contributed by atoms with van der Waals surface area (Å²) >= 11 is 0. The van der Waals surface area contributed by atoms with Crippen LogP contribution >= 0.6 is 0 Å². The molecule has 1 aromatic heterocycles. The molecule has 0 saturated carbocycles. The maximum atomic E-state index is 13.0. The van der Waals surface area contributed by atoms with Crippen molar-refractivity contribution >= 4 is 22.8 Å². The smallest absolute Gasteiger partial charge is 0.329 e. The molecular formula is C21H21N3O6. The maximum absolute atomic E-state index is 13.0. The number of hydrogen-bond donors (Lipinski definition) is 4. The quantitative estimate of drug-likeness (QED) is 0.444. The molecule has 30 heavy (non-hydrogen) atoms. The summed E-state index contributed by atoms with van der Waals surface area (Å²) in [5.41, 5.74) is -0.468. The molecule has 3 aromatic rings. The molecule has 9 nitrogen and oxygen atoms in total. The number of aromatic nitrogens is 2. The Morgan fingerprint density at radius 2 is 1.70 bits per heavy atom. The number of para-hydroxylation sites is 1. The summed E-state index contributed by atoms with van der Waals surface area (Å²) < 4.78 is 0.783. The van der Waals surface area contributed by atoms with Crippen LogP contribution in [0.5, 0.6) is 0 Å². The van der Waals surface area contributed by atoms with Gasteiger partial charge in [0.1, 0.15) is 6.04 Å². The van der Waals surface area contributed by atoms with Gasteiger partial charge in [-0.2, -0.15) is 0 Å². The third-order valence-corrected chi connectivity index (χ3v) is 4.77. The minimum absolute atomic E-state index is 0.0276. The second kappa shape index (κ2) is 8.75. The van der Waals surface area contributed by atoms with Crippen molar-refractivity contribution in [3.05, 3.63) is 81.0 Å². The highest BCUT2D eigenvalue weighted by Gasteiger charge is 2.31. The van der Waals surface area contributed by atoms with Crippen LogP contribution in [0.2, 0.25) is 0 Å². The van der Waals surface area contributed by atoms with Crippen LogP contribution in [0.3, 0.4) is 0 Å². The first-order valence-corrected chi connectivity index (χ1v) is 9.28. The number of carbonyl (C=O) groups excluding carboxylic acids is 1. The number of aliphatic hydroxyl groups excluding tert-OH is 1. The number of aliphatic hydroxyl groups is 1. The van der Waals surface area contributed by atoms with E-state index in [1.54, 1.807) is 48.5 Å². The van der Waals surface area contributed by atoms with E-state index >= 15 is 0 Å². The van der Waals surface area contributed by atoms with Crippen LogP contribution in [0.4, 0.5) is 0 Å². The van der Waals surface area contributed by atoms with Gasteiger partial charge in [-0.3, -0.25) is 9.59 Å². The van der Waals surface area contributed by atoms with Gasteiger partial charge in [0.2, 0.25) is 5.91 Å². The summed E-state index contributed by atoms with van der Waals surface area (Å²) in [6.07, 6.45) is -1.41. The molecule has 1 heterocycles. The minimum Gasteiger partial charge on any atom is -0.480 e. The number of benzene rings is 2. The predicted octanol–water partition coefficient (Wildman–Crippen LogP) is 0.424. The molecular weight excluding hydrogens is 390 g/mol. The standard InChI is InChI=1S/C21H21N3O6/c1-12(25)17(20(28)29)23-18(26)16(11-13-7-3-2-4-8-13)24-19(27)14-9-5-6-10-15(14)22-21(24)30/h2-10,12,16-17,25H,11H2,1H3,(H,22,30)(H,23,26)(H,28,29). The van der Waals surface area contributed by atoms with Crippen LogP contribution in [0.25, 0.3) is 10.9 Å². The first-order valence-electron chi connectivity index (χ1n) is 9.28. The molecule has 0 fully saturated rings. The number of rotatable bonds is 7. The number of H-pyrrole nitrogens is 1. The number of nitrogens with one attached hydrogen (secondary N) is 2. The first-order chi connectivity index (χ1) is 14.3. The predicted molar refractivity (Wildman–Crippen MR) is 109 cm³/mol. The molecule has 0 aliphatic carbocycles. The van der Waals surface area contributed by atoms with Crippen molar-refractivity contribution in [2.24, 2.45) is 0 Å². The molecule has 1 amide bonds. The lowest BCUT2D eigenvalue weighted by Crippen LogP contribution is -2.52. The Hall–Kier alpha value is -3.72. The van der Waals surface area contributed by atoms with Crippen molar-refractivity contribution in [2.45, 2.75) is 31.5 Å². The summed E-state index contributed by atoms with van der Waals surface area (Å²) in [6, 6.07) is 12.2. The normalized spacial score (nSPS) is 14.1. The van der Waals surface area contributed by atoms with Gasteiger partial charge in [-0.25, -0.2) is 14.2 Å². The maximum Gasteiger partial charge on any atom is 0.329 e. The Kier molecular flexibility index (Phi) is 6.12. The third kappa shape index (κ3) is 4.31. The van der Waals surface area contributed by atoms with Gasteiger partial charge in [0.25, 0.3) is 5.56 Å². The van der Waals surface area contributed by atoms with Gasteiger partial charge >= 0.3 is 11.7 Å². The van der Waals surface area contributed by atoms with Crippen molar-refractivity contribution in [2.75, 3.05) is 0 Å². The van der Waals surface area contributed by atoms with Gasteiger partial charge in [0.15, 0.2) is 6.04 Å². The SMILES string of the molecule is CC(O)C(NC(=O)C(Cc1ccccc1)n1c(=O)[nH]c2ccccc2c1=O)C(=O)O. The van der Waals surface area contributed by atoms with Crippen molar-refractivity contribution < 1.29 is 19.8 Å². The van der Waals surface area contributed by atoms with Crippen molar-refractivity contribution in [1.82, 2.24) is 14.9 Å². The van der Waals surface area contributed by atoms with Crippen LogP contribution in [0.1, 0.15) is 18.5 Å². The lowest BCUT2D eigenvalue weighted by Gasteiger charge is -2.23. The molecule has 3 rings (SSSR count). The molecule has 4 N–H and O–H groups in total. The molecule has 3 atom stereocenters. The number of carboxylic acid groups (broad SMARTS) is 1. The number of fused-ring (bicyclic) bond motifs is 1. The number of carboxylic acids is 1. The summed E-state index contributed by atoms with van der Waals surface area (Å²) in [5, 5.41) is 21.4. The molecule has 0 aliphatic heterocycles. The second-order valence-corrected chi connectivity index (χ2v) is 6.92. The number of hydrogen-bond acceptors (Lipinski definition) is 5. The summed E-state index contributed by atoms with van der Waals surface area (Å²) in [5.74, 6) is -2.30. The minimum atomic E-state index is -1.59. The summed E-state index contributed by atoms with van der Waals surface area (Å²) in [7, 11) is 0. The van der Waals surface area contributed by atoms with E-state index in [-0.39, 0.29) is 11.8 Å². The van der Waals surface area contributed by atoms with Gasteiger partial charge in [-0.15, -0.1) is 0 Å². The van der Waals surface area contributed by atoms with E-state index in [9.17, 15) is 29.4 Å². The van der Waals surface area contributed by atoms with E-state index in [1.165, 1.54) is 13.0 Å². The second-order valence-electron chi connectivity index (χ2n) is 6.92. The zero-order valence-electron chi connectivity index (χ0n) is 16.1. The van der Waals surface area contributed by atoms with Crippen LogP contribution in [-0.2, 0) is 16.0 Å².